The van der Waals surface area contributed by atoms with Gasteiger partial charge in [0.05, 0.1) is 33.5 Å². The smallest absolute Gasteiger partial charge is 0.0979 e. The molecule has 0 unspecified atom stereocenters. The molecule has 8 aromatic carbocycles. The van der Waals surface area contributed by atoms with Crippen molar-refractivity contribution in [1.29, 1.82) is 0 Å². The summed E-state index contributed by atoms with van der Waals surface area (Å²) in [6.45, 7) is 0. The monoisotopic (exact) mass is 664 g/mol. The van der Waals surface area contributed by atoms with E-state index in [9.17, 15) is 0 Å². The molecule has 2 heterocycles. The van der Waals surface area contributed by atoms with E-state index in [1.54, 1.807) is 0 Å². The van der Waals surface area contributed by atoms with Gasteiger partial charge in [-0.25, -0.2) is 9.97 Å². The maximum Gasteiger partial charge on any atom is 0.0979 e. The van der Waals surface area contributed by atoms with E-state index in [4.69, 9.17) is 9.97 Å². The van der Waals surface area contributed by atoms with Crippen molar-refractivity contribution in [2.75, 3.05) is 4.90 Å². The lowest BCUT2D eigenvalue weighted by atomic mass is 9.98. The number of benzene rings is 8. The first-order valence-corrected chi connectivity index (χ1v) is 17.6. The highest BCUT2D eigenvalue weighted by molar-refractivity contribution is 6.10. The Morgan fingerprint density at radius 1 is 0.385 bits per heavy atom. The Kier molecular flexibility index (Phi) is 7.10. The van der Waals surface area contributed by atoms with E-state index in [1.165, 1.54) is 27.2 Å². The minimum atomic E-state index is 0.864. The standard InChI is InChI=1S/C48H32N4/c1-3-16-35(17-4-1)51(38-30-31-46-42(32-38)40-21-9-12-25-45(40)52(46)36-18-5-2-6-19-36)37-28-26-34(27-29-37)47-48(50-44-24-11-10-23-43(44)49-47)41-22-13-15-33-14-7-8-20-39(33)41/h1-32H. The zero-order valence-electron chi connectivity index (χ0n) is 28.3. The van der Waals surface area contributed by atoms with Gasteiger partial charge >= 0.3 is 0 Å². The van der Waals surface area contributed by atoms with Crippen LogP contribution in [0.1, 0.15) is 0 Å². The van der Waals surface area contributed by atoms with Gasteiger partial charge in [0.15, 0.2) is 0 Å². The quantitative estimate of drug-likeness (QED) is 0.177. The van der Waals surface area contributed by atoms with E-state index in [0.29, 0.717) is 0 Å². The van der Waals surface area contributed by atoms with E-state index in [1.807, 2.05) is 24.3 Å². The molecule has 0 aliphatic carbocycles. The van der Waals surface area contributed by atoms with Gasteiger partial charge in [-0.15, -0.1) is 0 Å². The molecule has 0 bridgehead atoms. The average molecular weight is 665 g/mol. The molecule has 244 valence electrons. The number of rotatable bonds is 6. The first-order valence-electron chi connectivity index (χ1n) is 17.6. The van der Waals surface area contributed by atoms with Gasteiger partial charge in [0, 0.05) is 44.6 Å². The highest BCUT2D eigenvalue weighted by atomic mass is 15.1. The second-order valence-corrected chi connectivity index (χ2v) is 13.0. The minimum Gasteiger partial charge on any atom is -0.310 e. The SMILES string of the molecule is c1ccc(N(c2ccc(-c3nc4ccccc4nc3-c3cccc4ccccc34)cc2)c2ccc3c(c2)c2ccccc2n3-c2ccccc2)cc1. The molecule has 10 aromatic rings. The fourth-order valence-corrected chi connectivity index (χ4v) is 7.57. The van der Waals surface area contributed by atoms with Gasteiger partial charge in [-0.2, -0.15) is 0 Å². The van der Waals surface area contributed by atoms with Gasteiger partial charge in [0.25, 0.3) is 0 Å². The average Bonchev–Trinajstić information content (AvgIpc) is 3.55. The van der Waals surface area contributed by atoms with E-state index in [2.05, 4.69) is 179 Å². The highest BCUT2D eigenvalue weighted by Gasteiger charge is 2.19. The van der Waals surface area contributed by atoms with Gasteiger partial charge in [0.1, 0.15) is 0 Å². The summed E-state index contributed by atoms with van der Waals surface area (Å²) in [5, 5.41) is 4.77. The Hall–Kier alpha value is -7.04. The predicted molar refractivity (Wildman–Crippen MR) is 217 cm³/mol. The molecule has 0 saturated carbocycles. The van der Waals surface area contributed by atoms with Crippen molar-refractivity contribution in [2.45, 2.75) is 0 Å². The lowest BCUT2D eigenvalue weighted by Crippen LogP contribution is -2.09. The first kappa shape index (κ1) is 29.8. The van der Waals surface area contributed by atoms with Crippen LogP contribution in [0.15, 0.2) is 194 Å². The third-order valence-corrected chi connectivity index (χ3v) is 9.96. The molecule has 0 radical (unpaired) electrons. The van der Waals surface area contributed by atoms with Crippen LogP contribution in [-0.2, 0) is 0 Å². The van der Waals surface area contributed by atoms with Crippen LogP contribution in [0.4, 0.5) is 17.1 Å². The summed E-state index contributed by atoms with van der Waals surface area (Å²) >= 11 is 0. The second-order valence-electron chi connectivity index (χ2n) is 13.0. The molecule has 4 nitrogen and oxygen atoms in total. The van der Waals surface area contributed by atoms with Crippen LogP contribution in [0.3, 0.4) is 0 Å². The maximum absolute atomic E-state index is 5.23. The Balaban J connectivity index is 1.13. The third-order valence-electron chi connectivity index (χ3n) is 9.96. The topological polar surface area (TPSA) is 34.0 Å². The molecule has 2 aromatic heterocycles. The van der Waals surface area contributed by atoms with Crippen molar-refractivity contribution >= 4 is 60.7 Å². The Labute approximate surface area is 301 Å². The number of hydrogen-bond acceptors (Lipinski definition) is 3. The van der Waals surface area contributed by atoms with Gasteiger partial charge in [-0.05, 0) is 83.6 Å². The van der Waals surface area contributed by atoms with Gasteiger partial charge in [-0.1, -0.05) is 121 Å². The van der Waals surface area contributed by atoms with Gasteiger partial charge < -0.3 is 9.47 Å². The lowest BCUT2D eigenvalue weighted by Gasteiger charge is -2.26. The molecular formula is C48H32N4. The summed E-state index contributed by atoms with van der Waals surface area (Å²) < 4.78 is 2.36. The Bertz CT molecular complexity index is 2890. The number of para-hydroxylation sites is 5. The fourth-order valence-electron chi connectivity index (χ4n) is 7.57. The molecule has 0 N–H and O–H groups in total. The Morgan fingerprint density at radius 3 is 1.75 bits per heavy atom. The molecule has 10 rings (SSSR count). The van der Waals surface area contributed by atoms with Gasteiger partial charge in [0.2, 0.25) is 0 Å². The largest absolute Gasteiger partial charge is 0.310 e. The molecule has 0 atom stereocenters. The highest BCUT2D eigenvalue weighted by Crippen LogP contribution is 2.41. The summed E-state index contributed by atoms with van der Waals surface area (Å²) in [5.41, 5.74) is 12.3. The molecule has 52 heavy (non-hydrogen) atoms. The third kappa shape index (κ3) is 5.00. The summed E-state index contributed by atoms with van der Waals surface area (Å²) in [4.78, 5) is 12.8. The molecular weight excluding hydrogens is 633 g/mol. The molecule has 0 spiro atoms. The molecule has 0 aliphatic heterocycles. The second kappa shape index (κ2) is 12.4. The molecule has 0 amide bonds. The van der Waals surface area contributed by atoms with E-state index < -0.39 is 0 Å². The lowest BCUT2D eigenvalue weighted by molar-refractivity contribution is 1.18. The van der Waals surface area contributed by atoms with Crippen molar-refractivity contribution < 1.29 is 0 Å². The molecule has 0 aliphatic rings. The number of hydrogen-bond donors (Lipinski definition) is 0. The molecule has 4 heteroatoms. The van der Waals surface area contributed by atoms with Crippen LogP contribution in [-0.4, -0.2) is 14.5 Å². The molecule has 0 saturated heterocycles. The zero-order valence-corrected chi connectivity index (χ0v) is 28.3. The number of fused-ring (bicyclic) bond motifs is 5. The first-order chi connectivity index (χ1) is 25.8. The van der Waals surface area contributed by atoms with Crippen molar-refractivity contribution in [1.82, 2.24) is 14.5 Å². The minimum absolute atomic E-state index is 0.864. The van der Waals surface area contributed by atoms with Crippen molar-refractivity contribution in [3.05, 3.63) is 194 Å². The van der Waals surface area contributed by atoms with Crippen LogP contribution in [0.2, 0.25) is 0 Å². The molecule has 0 fully saturated rings. The van der Waals surface area contributed by atoms with Crippen LogP contribution in [0.25, 0.3) is 71.8 Å². The van der Waals surface area contributed by atoms with E-state index in [0.717, 1.165) is 61.7 Å². The summed E-state index contributed by atoms with van der Waals surface area (Å²) in [5.74, 6) is 0. The van der Waals surface area contributed by atoms with Crippen molar-refractivity contribution in [3.8, 4) is 28.2 Å². The number of anilines is 3. The van der Waals surface area contributed by atoms with Crippen molar-refractivity contribution in [2.24, 2.45) is 0 Å². The number of nitrogens with zero attached hydrogens (tertiary/aromatic N) is 4. The van der Waals surface area contributed by atoms with Crippen LogP contribution >= 0.6 is 0 Å². The zero-order chi connectivity index (χ0) is 34.4. The van der Waals surface area contributed by atoms with Gasteiger partial charge in [-0.3, -0.25) is 0 Å². The van der Waals surface area contributed by atoms with Crippen LogP contribution in [0, 0.1) is 0 Å². The Morgan fingerprint density at radius 2 is 0.962 bits per heavy atom. The summed E-state index contributed by atoms with van der Waals surface area (Å²) in [6, 6.07) is 68.4. The summed E-state index contributed by atoms with van der Waals surface area (Å²) in [6.07, 6.45) is 0. The predicted octanol–water partition coefficient (Wildman–Crippen LogP) is 12.7. The van der Waals surface area contributed by atoms with E-state index in [-0.39, 0.29) is 0 Å². The van der Waals surface area contributed by atoms with Crippen molar-refractivity contribution in [3.63, 3.8) is 0 Å². The summed E-state index contributed by atoms with van der Waals surface area (Å²) in [7, 11) is 0. The van der Waals surface area contributed by atoms with Crippen LogP contribution < -0.4 is 4.90 Å². The normalized spacial score (nSPS) is 11.5. The number of aromatic nitrogens is 3. The van der Waals surface area contributed by atoms with Crippen LogP contribution in [0.5, 0.6) is 0 Å². The fraction of sp³-hybridized carbons (Fsp3) is 0. The van der Waals surface area contributed by atoms with E-state index >= 15 is 0 Å². The maximum atomic E-state index is 5.23.